The maximum absolute atomic E-state index is 11.4. The van der Waals surface area contributed by atoms with Crippen LogP contribution in [-0.4, -0.2) is 21.2 Å². The van der Waals surface area contributed by atoms with Gasteiger partial charge in [-0.1, -0.05) is 0 Å². The van der Waals surface area contributed by atoms with Crippen LogP contribution >= 0.6 is 0 Å². The van der Waals surface area contributed by atoms with Crippen molar-refractivity contribution in [1.29, 1.82) is 0 Å². The van der Waals surface area contributed by atoms with Gasteiger partial charge in [0.2, 0.25) is 0 Å². The highest BCUT2D eigenvalue weighted by atomic mass is 16.2. The van der Waals surface area contributed by atoms with Gasteiger partial charge in [-0.05, 0) is 12.1 Å². The Morgan fingerprint density at radius 2 is 2.13 bits per heavy atom. The Hall–Kier alpha value is -2.37. The lowest BCUT2D eigenvalue weighted by molar-refractivity contribution is 0.262. The van der Waals surface area contributed by atoms with Crippen molar-refractivity contribution in [3.05, 3.63) is 36.9 Å². The number of H-pyrrole nitrogens is 1. The number of hydrogen-bond acceptors (Lipinski definition) is 3. The standard InChI is InChI=1S/C9H9N5O/c15-9(14-8-5-11-12-6-8)13-7-2-1-3-10-4-7/h1-6H,(H,11,12)(H2,13,14,15). The van der Waals surface area contributed by atoms with Crippen molar-refractivity contribution in [2.45, 2.75) is 0 Å². The lowest BCUT2D eigenvalue weighted by Gasteiger charge is -2.04. The molecule has 0 unspecified atom stereocenters. The average molecular weight is 203 g/mol. The summed E-state index contributed by atoms with van der Waals surface area (Å²) in [5.41, 5.74) is 1.25. The Morgan fingerprint density at radius 1 is 1.27 bits per heavy atom. The van der Waals surface area contributed by atoms with Crippen molar-refractivity contribution < 1.29 is 4.79 Å². The third-order valence-electron chi connectivity index (χ3n) is 1.68. The number of aromatic nitrogens is 3. The Morgan fingerprint density at radius 3 is 2.80 bits per heavy atom. The second-order valence-electron chi connectivity index (χ2n) is 2.81. The normalized spacial score (nSPS) is 9.60. The smallest absolute Gasteiger partial charge is 0.306 e. The van der Waals surface area contributed by atoms with Gasteiger partial charge in [-0.2, -0.15) is 5.10 Å². The summed E-state index contributed by atoms with van der Waals surface area (Å²) in [7, 11) is 0. The van der Waals surface area contributed by atoms with E-state index >= 15 is 0 Å². The van der Waals surface area contributed by atoms with Crippen LogP contribution in [0.4, 0.5) is 16.2 Å². The van der Waals surface area contributed by atoms with Crippen LogP contribution in [0.2, 0.25) is 0 Å². The molecule has 0 saturated heterocycles. The highest BCUT2D eigenvalue weighted by Gasteiger charge is 2.02. The predicted molar refractivity (Wildman–Crippen MR) is 55.5 cm³/mol. The summed E-state index contributed by atoms with van der Waals surface area (Å²) in [4.78, 5) is 15.3. The van der Waals surface area contributed by atoms with Gasteiger partial charge in [-0.25, -0.2) is 4.79 Å². The number of nitrogens with zero attached hydrogens (tertiary/aromatic N) is 2. The molecule has 2 aromatic heterocycles. The maximum atomic E-state index is 11.4. The van der Waals surface area contributed by atoms with Gasteiger partial charge in [-0.3, -0.25) is 10.1 Å². The van der Waals surface area contributed by atoms with Crippen molar-refractivity contribution >= 4 is 17.4 Å². The summed E-state index contributed by atoms with van der Waals surface area (Å²) in [6.45, 7) is 0. The first-order valence-corrected chi connectivity index (χ1v) is 4.31. The molecule has 0 spiro atoms. The van der Waals surface area contributed by atoms with E-state index in [-0.39, 0.29) is 6.03 Å². The largest absolute Gasteiger partial charge is 0.323 e. The number of amides is 2. The van der Waals surface area contributed by atoms with Gasteiger partial charge in [-0.15, -0.1) is 0 Å². The fraction of sp³-hybridized carbons (Fsp3) is 0. The number of aromatic amines is 1. The highest BCUT2D eigenvalue weighted by molar-refractivity contribution is 5.99. The highest BCUT2D eigenvalue weighted by Crippen LogP contribution is 2.05. The van der Waals surface area contributed by atoms with Gasteiger partial charge in [0.1, 0.15) is 0 Å². The Bertz CT molecular complexity index is 425. The van der Waals surface area contributed by atoms with E-state index in [1.54, 1.807) is 30.7 Å². The summed E-state index contributed by atoms with van der Waals surface area (Å²) in [6, 6.07) is 3.17. The van der Waals surface area contributed by atoms with Crippen molar-refractivity contribution in [3.8, 4) is 0 Å². The minimum Gasteiger partial charge on any atom is -0.306 e. The van der Waals surface area contributed by atoms with E-state index in [9.17, 15) is 4.79 Å². The fourth-order valence-corrected chi connectivity index (χ4v) is 1.05. The van der Waals surface area contributed by atoms with Crippen molar-refractivity contribution in [3.63, 3.8) is 0 Å². The van der Waals surface area contributed by atoms with E-state index < -0.39 is 0 Å². The maximum Gasteiger partial charge on any atom is 0.323 e. The zero-order valence-corrected chi connectivity index (χ0v) is 7.77. The minimum atomic E-state index is -0.329. The topological polar surface area (TPSA) is 82.7 Å². The molecule has 0 aromatic carbocycles. The van der Waals surface area contributed by atoms with Crippen LogP contribution in [0.15, 0.2) is 36.9 Å². The lowest BCUT2D eigenvalue weighted by atomic mass is 10.4. The molecule has 2 amide bonds. The van der Waals surface area contributed by atoms with Crippen molar-refractivity contribution in [1.82, 2.24) is 15.2 Å². The molecule has 0 atom stereocenters. The number of urea groups is 1. The van der Waals surface area contributed by atoms with E-state index in [2.05, 4.69) is 25.8 Å². The zero-order chi connectivity index (χ0) is 10.5. The molecule has 2 rings (SSSR count). The van der Waals surface area contributed by atoms with Crippen molar-refractivity contribution in [2.75, 3.05) is 10.6 Å². The molecule has 0 aliphatic carbocycles. The Labute approximate surface area is 85.7 Å². The lowest BCUT2D eigenvalue weighted by Crippen LogP contribution is -2.19. The second kappa shape index (κ2) is 4.23. The van der Waals surface area contributed by atoms with Crippen LogP contribution in [0.5, 0.6) is 0 Å². The summed E-state index contributed by atoms with van der Waals surface area (Å²) < 4.78 is 0. The Kier molecular flexibility index (Phi) is 2.59. The zero-order valence-electron chi connectivity index (χ0n) is 7.77. The number of anilines is 2. The van der Waals surface area contributed by atoms with Crippen LogP contribution in [-0.2, 0) is 0 Å². The number of pyridine rings is 1. The molecule has 0 bridgehead atoms. The Balaban J connectivity index is 1.94. The van der Waals surface area contributed by atoms with E-state index in [0.717, 1.165) is 0 Å². The third-order valence-corrected chi connectivity index (χ3v) is 1.68. The molecule has 0 aliphatic heterocycles. The van der Waals surface area contributed by atoms with Gasteiger partial charge in [0.05, 0.1) is 23.8 Å². The van der Waals surface area contributed by atoms with Crippen LogP contribution in [0.3, 0.4) is 0 Å². The predicted octanol–water partition coefficient (Wildman–Crippen LogP) is 1.45. The van der Waals surface area contributed by atoms with Gasteiger partial charge < -0.3 is 10.6 Å². The molecule has 2 heterocycles. The van der Waals surface area contributed by atoms with E-state index in [1.165, 1.54) is 6.20 Å². The molecule has 0 aliphatic rings. The molecule has 3 N–H and O–H groups in total. The molecule has 15 heavy (non-hydrogen) atoms. The summed E-state index contributed by atoms with van der Waals surface area (Å²) in [6.07, 6.45) is 6.31. The van der Waals surface area contributed by atoms with Gasteiger partial charge in [0.15, 0.2) is 0 Å². The first kappa shape index (κ1) is 9.20. The summed E-state index contributed by atoms with van der Waals surface area (Å²) in [5.74, 6) is 0. The molecule has 6 nitrogen and oxygen atoms in total. The number of rotatable bonds is 2. The van der Waals surface area contributed by atoms with Crippen LogP contribution < -0.4 is 10.6 Å². The first-order chi connectivity index (χ1) is 7.34. The van der Waals surface area contributed by atoms with Crippen molar-refractivity contribution in [2.24, 2.45) is 0 Å². The van der Waals surface area contributed by atoms with Gasteiger partial charge >= 0.3 is 6.03 Å². The van der Waals surface area contributed by atoms with E-state index in [1.807, 2.05) is 0 Å². The molecular weight excluding hydrogens is 194 g/mol. The number of nitrogens with one attached hydrogen (secondary N) is 3. The number of carbonyl (C=O) groups excluding carboxylic acids is 1. The first-order valence-electron chi connectivity index (χ1n) is 4.31. The van der Waals surface area contributed by atoms with Gasteiger partial charge in [0.25, 0.3) is 0 Å². The summed E-state index contributed by atoms with van der Waals surface area (Å²) >= 11 is 0. The quantitative estimate of drug-likeness (QED) is 0.690. The van der Waals surface area contributed by atoms with E-state index in [0.29, 0.717) is 11.4 Å². The molecule has 2 aromatic rings. The number of carbonyl (C=O) groups is 1. The minimum absolute atomic E-state index is 0.329. The van der Waals surface area contributed by atoms with Crippen LogP contribution in [0.1, 0.15) is 0 Å². The monoisotopic (exact) mass is 203 g/mol. The average Bonchev–Trinajstić information content (AvgIpc) is 2.71. The fourth-order valence-electron chi connectivity index (χ4n) is 1.05. The van der Waals surface area contributed by atoms with E-state index in [4.69, 9.17) is 0 Å². The van der Waals surface area contributed by atoms with Gasteiger partial charge in [0, 0.05) is 12.4 Å². The summed E-state index contributed by atoms with van der Waals surface area (Å²) in [5, 5.41) is 11.5. The second-order valence-corrected chi connectivity index (χ2v) is 2.81. The molecular formula is C9H9N5O. The molecule has 0 radical (unpaired) electrons. The van der Waals surface area contributed by atoms with Crippen LogP contribution in [0.25, 0.3) is 0 Å². The van der Waals surface area contributed by atoms with Crippen LogP contribution in [0, 0.1) is 0 Å². The number of hydrogen-bond donors (Lipinski definition) is 3. The molecule has 0 fully saturated rings. The molecule has 76 valence electrons. The third kappa shape index (κ3) is 2.53. The molecule has 6 heteroatoms. The SMILES string of the molecule is O=C(Nc1cccnc1)Nc1cn[nH]c1. The molecule has 0 saturated carbocycles.